The van der Waals surface area contributed by atoms with Crippen LogP contribution in [0.4, 0.5) is 10.1 Å². The molecular weight excluding hydrogens is 629 g/mol. The third-order valence-corrected chi connectivity index (χ3v) is 9.68. The van der Waals surface area contributed by atoms with E-state index >= 15 is 0 Å². The zero-order valence-electron chi connectivity index (χ0n) is 27.1. The Balaban J connectivity index is 1.43. The molecule has 0 bridgehead atoms. The lowest BCUT2D eigenvalue weighted by Crippen LogP contribution is -2.55. The Morgan fingerprint density at radius 2 is 1.42 bits per heavy atom. The van der Waals surface area contributed by atoms with Gasteiger partial charge < -0.3 is 15.0 Å². The normalized spacial score (nSPS) is 14.1. The van der Waals surface area contributed by atoms with Crippen LogP contribution in [0.1, 0.15) is 48.8 Å². The molecule has 1 aliphatic rings. The first-order valence-corrected chi connectivity index (χ1v) is 18.1. The average molecular weight is 672 g/mol. The van der Waals surface area contributed by atoms with Crippen molar-refractivity contribution in [2.24, 2.45) is 0 Å². The first kappa shape index (κ1) is 34.6. The highest BCUT2D eigenvalue weighted by atomic mass is 32.2. The summed E-state index contributed by atoms with van der Waals surface area (Å²) in [6.07, 6.45) is 6.15. The van der Waals surface area contributed by atoms with Gasteiger partial charge in [0.25, 0.3) is 0 Å². The minimum atomic E-state index is -3.93. The number of anilines is 1. The van der Waals surface area contributed by atoms with E-state index in [9.17, 15) is 22.4 Å². The smallest absolute Gasteiger partial charge is 0.244 e. The van der Waals surface area contributed by atoms with Crippen molar-refractivity contribution in [3.8, 4) is 5.75 Å². The summed E-state index contributed by atoms with van der Waals surface area (Å²) < 4.78 is 47.0. The van der Waals surface area contributed by atoms with Gasteiger partial charge >= 0.3 is 0 Å². The molecule has 1 unspecified atom stereocenters. The number of ether oxygens (including phenoxy) is 1. The van der Waals surface area contributed by atoms with E-state index in [1.54, 1.807) is 36.4 Å². The van der Waals surface area contributed by atoms with Gasteiger partial charge in [-0.1, -0.05) is 92.1 Å². The van der Waals surface area contributed by atoms with Crippen molar-refractivity contribution in [1.82, 2.24) is 10.2 Å². The van der Waals surface area contributed by atoms with E-state index in [1.807, 2.05) is 60.7 Å². The second-order valence-electron chi connectivity index (χ2n) is 12.2. The topological polar surface area (TPSA) is 96.0 Å². The lowest BCUT2D eigenvalue weighted by Gasteiger charge is -2.35. The minimum Gasteiger partial charge on any atom is -0.489 e. The van der Waals surface area contributed by atoms with Crippen LogP contribution in [0.15, 0.2) is 109 Å². The highest BCUT2D eigenvalue weighted by molar-refractivity contribution is 7.92. The molecule has 48 heavy (non-hydrogen) atoms. The predicted octanol–water partition coefficient (Wildman–Crippen LogP) is 6.26. The molecule has 1 fully saturated rings. The van der Waals surface area contributed by atoms with Gasteiger partial charge in [-0.2, -0.15) is 0 Å². The Bertz CT molecular complexity index is 1730. The standard InChI is InChI=1S/C38H42FN3O5S/c1-48(45,46)42(34-21-23-35(24-22-34)47-28-31-13-7-3-8-14-31)27-37(43)41(26-30-17-19-32(39)20-18-30)36(25-29-11-5-2-6-12-29)38(44)40-33-15-9-4-10-16-33/h2-3,5-8,11-14,17-24,33,36H,4,9-10,15-16,25-28H2,1H3,(H,40,44). The Kier molecular flexibility index (Phi) is 11.8. The van der Waals surface area contributed by atoms with Crippen LogP contribution in [0.2, 0.25) is 0 Å². The molecule has 1 saturated carbocycles. The maximum atomic E-state index is 14.3. The van der Waals surface area contributed by atoms with E-state index in [4.69, 9.17) is 4.74 Å². The van der Waals surface area contributed by atoms with Crippen molar-refractivity contribution >= 4 is 27.5 Å². The average Bonchev–Trinajstić information content (AvgIpc) is 3.09. The van der Waals surface area contributed by atoms with E-state index in [-0.39, 0.29) is 30.6 Å². The number of carbonyl (C=O) groups is 2. The number of hydrogen-bond donors (Lipinski definition) is 1. The highest BCUT2D eigenvalue weighted by Gasteiger charge is 2.34. The molecule has 1 atom stereocenters. The van der Waals surface area contributed by atoms with Gasteiger partial charge in [-0.05, 0) is 65.9 Å². The van der Waals surface area contributed by atoms with Crippen LogP contribution in [0.3, 0.4) is 0 Å². The molecule has 0 heterocycles. The number of nitrogens with one attached hydrogen (secondary N) is 1. The van der Waals surface area contributed by atoms with Crippen molar-refractivity contribution in [2.45, 2.75) is 63.8 Å². The second-order valence-corrected chi connectivity index (χ2v) is 14.1. The summed E-state index contributed by atoms with van der Waals surface area (Å²) in [6.45, 7) is -0.205. The van der Waals surface area contributed by atoms with Crippen LogP contribution >= 0.6 is 0 Å². The van der Waals surface area contributed by atoms with Gasteiger partial charge in [0.05, 0.1) is 11.9 Å². The van der Waals surface area contributed by atoms with Crippen molar-refractivity contribution in [2.75, 3.05) is 17.1 Å². The van der Waals surface area contributed by atoms with Crippen LogP contribution < -0.4 is 14.4 Å². The molecule has 0 saturated heterocycles. The summed E-state index contributed by atoms with van der Waals surface area (Å²) in [6, 6.07) is 30.4. The van der Waals surface area contributed by atoms with Crippen LogP contribution in [-0.4, -0.2) is 50.0 Å². The first-order chi connectivity index (χ1) is 23.2. The monoisotopic (exact) mass is 671 g/mol. The van der Waals surface area contributed by atoms with Gasteiger partial charge in [0.1, 0.15) is 30.8 Å². The SMILES string of the molecule is CS(=O)(=O)N(CC(=O)N(Cc1ccc(F)cc1)C(Cc1ccccc1)C(=O)NC1CCCCC1)c1ccc(OCc2ccccc2)cc1. The summed E-state index contributed by atoms with van der Waals surface area (Å²) in [7, 11) is -3.93. The molecular formula is C38H42FN3O5S. The molecule has 1 aliphatic carbocycles. The number of nitrogens with zero attached hydrogens (tertiary/aromatic N) is 2. The maximum Gasteiger partial charge on any atom is 0.244 e. The van der Waals surface area contributed by atoms with Crippen LogP contribution in [0.5, 0.6) is 5.75 Å². The molecule has 0 radical (unpaired) electrons. The molecule has 1 N–H and O–H groups in total. The van der Waals surface area contributed by atoms with Crippen LogP contribution in [-0.2, 0) is 39.2 Å². The number of sulfonamides is 1. The summed E-state index contributed by atoms with van der Waals surface area (Å²) in [5.74, 6) is -0.740. The molecule has 0 aromatic heterocycles. The molecule has 8 nitrogen and oxygen atoms in total. The fraction of sp³-hybridized carbons (Fsp3) is 0.316. The molecule has 252 valence electrons. The van der Waals surface area contributed by atoms with Gasteiger partial charge in [-0.25, -0.2) is 12.8 Å². The molecule has 0 aliphatic heterocycles. The highest BCUT2D eigenvalue weighted by Crippen LogP contribution is 2.24. The fourth-order valence-corrected chi connectivity index (χ4v) is 6.80. The molecule has 10 heteroatoms. The Labute approximate surface area is 282 Å². The number of amides is 2. The van der Waals surface area contributed by atoms with Gasteiger partial charge in [-0.3, -0.25) is 13.9 Å². The van der Waals surface area contributed by atoms with Gasteiger partial charge in [-0.15, -0.1) is 0 Å². The molecule has 4 aromatic rings. The number of halogens is 1. The number of hydrogen-bond acceptors (Lipinski definition) is 5. The Hall–Kier alpha value is -4.70. The van der Waals surface area contributed by atoms with Crippen molar-refractivity contribution in [3.05, 3.63) is 132 Å². The minimum absolute atomic E-state index is 0.00226. The van der Waals surface area contributed by atoms with Crippen molar-refractivity contribution in [3.63, 3.8) is 0 Å². The lowest BCUT2D eigenvalue weighted by atomic mass is 9.94. The number of benzene rings is 4. The third kappa shape index (κ3) is 9.90. The Morgan fingerprint density at radius 1 is 0.812 bits per heavy atom. The number of rotatable bonds is 14. The van der Waals surface area contributed by atoms with Crippen molar-refractivity contribution < 1.29 is 27.1 Å². The number of carbonyl (C=O) groups excluding carboxylic acids is 2. The van der Waals surface area contributed by atoms with E-state index in [1.165, 1.54) is 17.0 Å². The van der Waals surface area contributed by atoms with Gasteiger partial charge in [0, 0.05) is 19.0 Å². The van der Waals surface area contributed by atoms with Crippen molar-refractivity contribution in [1.29, 1.82) is 0 Å². The zero-order chi connectivity index (χ0) is 33.9. The summed E-state index contributed by atoms with van der Waals surface area (Å²) in [5.41, 5.74) is 2.73. The molecule has 5 rings (SSSR count). The van der Waals surface area contributed by atoms with E-state index in [0.717, 1.165) is 53.8 Å². The zero-order valence-corrected chi connectivity index (χ0v) is 27.9. The third-order valence-electron chi connectivity index (χ3n) is 8.54. The van der Waals surface area contributed by atoms with Gasteiger partial charge in [0.2, 0.25) is 21.8 Å². The second kappa shape index (κ2) is 16.4. The largest absolute Gasteiger partial charge is 0.489 e. The molecule has 2 amide bonds. The summed E-state index contributed by atoms with van der Waals surface area (Å²) >= 11 is 0. The quantitative estimate of drug-likeness (QED) is 0.171. The molecule has 4 aromatic carbocycles. The first-order valence-electron chi connectivity index (χ1n) is 16.3. The van der Waals surface area contributed by atoms with Gasteiger partial charge in [0.15, 0.2) is 0 Å². The summed E-state index contributed by atoms with van der Waals surface area (Å²) in [5, 5.41) is 3.18. The summed E-state index contributed by atoms with van der Waals surface area (Å²) in [4.78, 5) is 29.8. The lowest BCUT2D eigenvalue weighted by molar-refractivity contribution is -0.140. The fourth-order valence-electron chi connectivity index (χ4n) is 5.95. The van der Waals surface area contributed by atoms with E-state index in [2.05, 4.69) is 5.32 Å². The Morgan fingerprint density at radius 3 is 2.02 bits per heavy atom. The van der Waals surface area contributed by atoms with Crippen LogP contribution in [0, 0.1) is 5.82 Å². The van der Waals surface area contributed by atoms with E-state index < -0.39 is 34.3 Å². The molecule has 0 spiro atoms. The van der Waals surface area contributed by atoms with E-state index in [0.29, 0.717) is 17.9 Å². The maximum absolute atomic E-state index is 14.3. The van der Waals surface area contributed by atoms with Crippen LogP contribution in [0.25, 0.3) is 0 Å². The predicted molar refractivity (Wildman–Crippen MR) is 185 cm³/mol.